The lowest BCUT2D eigenvalue weighted by molar-refractivity contribution is 0.388. The van der Waals surface area contributed by atoms with Crippen molar-refractivity contribution in [2.45, 2.75) is 6.92 Å². The molecule has 2 aromatic rings. The second-order valence-electron chi connectivity index (χ2n) is 3.06. The first kappa shape index (κ1) is 11.3. The van der Waals surface area contributed by atoms with E-state index in [1.54, 1.807) is 19.1 Å². The maximum atomic E-state index is 11.1. The Morgan fingerprint density at radius 1 is 1.33 bits per heavy atom. The summed E-state index contributed by atoms with van der Waals surface area (Å²) in [5.74, 6) is -0.260. The molecule has 0 saturated carbocycles. The van der Waals surface area contributed by atoms with Gasteiger partial charge in [0.2, 0.25) is 5.76 Å². The van der Waals surface area contributed by atoms with Crippen LogP contribution < -0.4 is 5.63 Å². The summed E-state index contributed by atoms with van der Waals surface area (Å²) in [7, 11) is 0. The minimum atomic E-state index is -0.691. The Bertz CT molecular complexity index is 719. The van der Waals surface area contributed by atoms with Crippen molar-refractivity contribution in [3.8, 4) is 12.1 Å². The first-order chi connectivity index (χ1) is 8.65. The highest BCUT2D eigenvalue weighted by molar-refractivity contribution is 5.39. The third-order valence-corrected chi connectivity index (χ3v) is 1.90. The number of aromatic amines is 1. The summed E-state index contributed by atoms with van der Waals surface area (Å²) in [6.07, 6.45) is 0. The quantitative estimate of drug-likeness (QED) is 0.790. The molecule has 0 aromatic carbocycles. The SMILES string of the molecule is Cc1[nH]oc(=O)c1N=Nc1nc(C#N)c(C#N)o1. The average Bonchev–Trinajstić information content (AvgIpc) is 2.91. The maximum absolute atomic E-state index is 11.1. The van der Waals surface area contributed by atoms with Gasteiger partial charge < -0.3 is 8.94 Å². The lowest BCUT2D eigenvalue weighted by Crippen LogP contribution is -1.89. The van der Waals surface area contributed by atoms with Gasteiger partial charge in [0.25, 0.3) is 0 Å². The van der Waals surface area contributed by atoms with Crippen molar-refractivity contribution < 1.29 is 8.94 Å². The number of rotatable bonds is 2. The van der Waals surface area contributed by atoms with E-state index in [9.17, 15) is 4.79 Å². The van der Waals surface area contributed by atoms with Crippen LogP contribution in [0.15, 0.2) is 24.0 Å². The van der Waals surface area contributed by atoms with Crippen molar-refractivity contribution in [1.82, 2.24) is 10.1 Å². The van der Waals surface area contributed by atoms with Crippen LogP contribution in [0.5, 0.6) is 0 Å². The second kappa shape index (κ2) is 4.35. The van der Waals surface area contributed by atoms with Crippen LogP contribution in [0.2, 0.25) is 0 Å². The van der Waals surface area contributed by atoms with Crippen LogP contribution in [0, 0.1) is 29.6 Å². The number of aryl methyl sites for hydroxylation is 1. The molecule has 0 bridgehead atoms. The smallest absolute Gasteiger partial charge is 0.384 e. The van der Waals surface area contributed by atoms with Crippen LogP contribution in [0.3, 0.4) is 0 Å². The summed E-state index contributed by atoms with van der Waals surface area (Å²) >= 11 is 0. The van der Waals surface area contributed by atoms with Gasteiger partial charge in [-0.25, -0.2) is 9.95 Å². The fourth-order valence-corrected chi connectivity index (χ4v) is 1.08. The number of nitrogens with zero attached hydrogens (tertiary/aromatic N) is 5. The van der Waals surface area contributed by atoms with E-state index in [0.717, 1.165) is 0 Å². The fraction of sp³-hybridized carbons (Fsp3) is 0.111. The molecule has 2 heterocycles. The number of hydrogen-bond donors (Lipinski definition) is 1. The summed E-state index contributed by atoms with van der Waals surface area (Å²) < 4.78 is 9.30. The fourth-order valence-electron chi connectivity index (χ4n) is 1.08. The van der Waals surface area contributed by atoms with E-state index >= 15 is 0 Å². The van der Waals surface area contributed by atoms with Gasteiger partial charge in [-0.2, -0.15) is 15.5 Å². The Kier molecular flexibility index (Phi) is 2.73. The minimum Gasteiger partial charge on any atom is -0.408 e. The number of nitrogens with one attached hydrogen (secondary N) is 1. The van der Waals surface area contributed by atoms with Crippen LogP contribution in [-0.2, 0) is 0 Å². The number of nitriles is 2. The van der Waals surface area contributed by atoms with Gasteiger partial charge in [-0.1, -0.05) is 5.11 Å². The maximum Gasteiger partial charge on any atom is 0.384 e. The molecule has 0 radical (unpaired) electrons. The Balaban J connectivity index is 2.37. The number of azo groups is 1. The minimum absolute atomic E-state index is 0.0368. The van der Waals surface area contributed by atoms with Gasteiger partial charge in [-0.15, -0.1) is 5.11 Å². The number of H-pyrrole nitrogens is 1. The van der Waals surface area contributed by atoms with Crippen molar-refractivity contribution in [1.29, 1.82) is 10.5 Å². The summed E-state index contributed by atoms with van der Waals surface area (Å²) in [6, 6.07) is 3.02. The Labute approximate surface area is 99.0 Å². The zero-order chi connectivity index (χ0) is 13.1. The first-order valence-corrected chi connectivity index (χ1v) is 4.56. The predicted molar refractivity (Wildman–Crippen MR) is 54.2 cm³/mol. The molecule has 0 aliphatic heterocycles. The Morgan fingerprint density at radius 2 is 2.11 bits per heavy atom. The van der Waals surface area contributed by atoms with E-state index in [1.807, 2.05) is 0 Å². The van der Waals surface area contributed by atoms with Crippen molar-refractivity contribution in [3.05, 3.63) is 27.6 Å². The number of oxazole rings is 1. The Hall–Kier alpha value is -3.20. The first-order valence-electron chi connectivity index (χ1n) is 4.56. The number of hydrogen-bond acceptors (Lipinski definition) is 8. The molecule has 9 nitrogen and oxygen atoms in total. The van der Waals surface area contributed by atoms with E-state index in [-0.39, 0.29) is 23.2 Å². The van der Waals surface area contributed by atoms with Crippen LogP contribution in [-0.4, -0.2) is 10.1 Å². The number of aromatic nitrogens is 2. The zero-order valence-corrected chi connectivity index (χ0v) is 8.96. The summed E-state index contributed by atoms with van der Waals surface area (Å²) in [6.45, 7) is 1.57. The summed E-state index contributed by atoms with van der Waals surface area (Å²) in [5, 5.41) is 26.7. The standard InChI is InChI=1S/C9H4N6O3/c1-4-7(8(16)18-15-4)13-14-9-12-5(2-10)6(3-11)17-9/h15H,1H3. The molecule has 0 atom stereocenters. The molecule has 1 N–H and O–H groups in total. The van der Waals surface area contributed by atoms with E-state index in [2.05, 4.69) is 24.9 Å². The van der Waals surface area contributed by atoms with Crippen LogP contribution in [0.25, 0.3) is 0 Å². The Morgan fingerprint density at radius 3 is 2.61 bits per heavy atom. The molecule has 0 fully saturated rings. The predicted octanol–water partition coefficient (Wildman–Crippen LogP) is 1.42. The molecule has 18 heavy (non-hydrogen) atoms. The molecular weight excluding hydrogens is 240 g/mol. The highest BCUT2D eigenvalue weighted by Crippen LogP contribution is 2.19. The van der Waals surface area contributed by atoms with Gasteiger partial charge in [0, 0.05) is 0 Å². The van der Waals surface area contributed by atoms with E-state index in [1.165, 1.54) is 0 Å². The molecular formula is C9H4N6O3. The van der Waals surface area contributed by atoms with Gasteiger partial charge in [0.15, 0.2) is 11.4 Å². The van der Waals surface area contributed by atoms with Crippen LogP contribution in [0.4, 0.5) is 11.7 Å². The largest absolute Gasteiger partial charge is 0.408 e. The van der Waals surface area contributed by atoms with Crippen LogP contribution in [0.1, 0.15) is 17.1 Å². The normalized spacial score (nSPS) is 10.4. The molecule has 0 unspecified atom stereocenters. The molecule has 88 valence electrons. The highest BCUT2D eigenvalue weighted by Gasteiger charge is 2.13. The van der Waals surface area contributed by atoms with E-state index in [4.69, 9.17) is 14.9 Å². The topological polar surface area (TPSA) is 144 Å². The second-order valence-corrected chi connectivity index (χ2v) is 3.06. The third-order valence-electron chi connectivity index (χ3n) is 1.90. The molecule has 0 aliphatic carbocycles. The highest BCUT2D eigenvalue weighted by atomic mass is 16.5. The van der Waals surface area contributed by atoms with Gasteiger partial charge in [-0.3, -0.25) is 0 Å². The lowest BCUT2D eigenvalue weighted by atomic mass is 10.4. The third kappa shape index (κ3) is 1.88. The molecule has 0 amide bonds. The van der Waals surface area contributed by atoms with Crippen molar-refractivity contribution in [2.75, 3.05) is 0 Å². The van der Waals surface area contributed by atoms with E-state index < -0.39 is 5.63 Å². The van der Waals surface area contributed by atoms with Crippen LogP contribution >= 0.6 is 0 Å². The van der Waals surface area contributed by atoms with E-state index in [0.29, 0.717) is 5.69 Å². The monoisotopic (exact) mass is 244 g/mol. The molecule has 0 saturated heterocycles. The lowest BCUT2D eigenvalue weighted by Gasteiger charge is -1.82. The average molecular weight is 244 g/mol. The van der Waals surface area contributed by atoms with Crippen molar-refractivity contribution in [2.24, 2.45) is 10.2 Å². The van der Waals surface area contributed by atoms with Crippen molar-refractivity contribution in [3.63, 3.8) is 0 Å². The van der Waals surface area contributed by atoms with Gasteiger partial charge in [0.05, 0.1) is 5.69 Å². The molecule has 9 heteroatoms. The molecule has 2 rings (SSSR count). The molecule has 2 aromatic heterocycles. The summed E-state index contributed by atoms with van der Waals surface area (Å²) in [5.41, 5.74) is -0.533. The van der Waals surface area contributed by atoms with Gasteiger partial charge in [0.1, 0.15) is 12.1 Å². The van der Waals surface area contributed by atoms with Gasteiger partial charge >= 0.3 is 11.6 Å². The molecule has 0 spiro atoms. The van der Waals surface area contributed by atoms with Gasteiger partial charge in [-0.05, 0) is 6.92 Å². The molecule has 0 aliphatic rings. The summed E-state index contributed by atoms with van der Waals surface area (Å²) in [4.78, 5) is 14.7. The zero-order valence-electron chi connectivity index (χ0n) is 8.96. The van der Waals surface area contributed by atoms with Crippen molar-refractivity contribution >= 4 is 11.7 Å².